The summed E-state index contributed by atoms with van der Waals surface area (Å²) in [5.41, 5.74) is 1.42. The van der Waals surface area contributed by atoms with Crippen LogP contribution >= 0.6 is 23.2 Å². The number of nitrogens with one attached hydrogen (secondary N) is 4. The summed E-state index contributed by atoms with van der Waals surface area (Å²) in [7, 11) is 0. The third-order valence-corrected chi connectivity index (χ3v) is 3.21. The van der Waals surface area contributed by atoms with E-state index in [1.54, 1.807) is 18.2 Å². The zero-order chi connectivity index (χ0) is 16.8. The van der Waals surface area contributed by atoms with Crippen LogP contribution in [0, 0.1) is 0 Å². The average Bonchev–Trinajstić information content (AvgIpc) is 2.50. The lowest BCUT2D eigenvalue weighted by Crippen LogP contribution is -2.31. The van der Waals surface area contributed by atoms with Gasteiger partial charge >= 0.3 is 5.69 Å². The van der Waals surface area contributed by atoms with E-state index in [0.717, 1.165) is 0 Å². The number of H-pyrrole nitrogens is 2. The van der Waals surface area contributed by atoms with Gasteiger partial charge in [0.2, 0.25) is 5.82 Å². The summed E-state index contributed by atoms with van der Waals surface area (Å²) in [5, 5.41) is 12.5. The van der Waals surface area contributed by atoms with Gasteiger partial charge in [-0.2, -0.15) is 5.10 Å². The molecule has 1 aromatic carbocycles. The summed E-state index contributed by atoms with van der Waals surface area (Å²) in [6, 6.07) is 4.86. The quantitative estimate of drug-likeness (QED) is 0.452. The van der Waals surface area contributed by atoms with Gasteiger partial charge in [-0.15, -0.1) is 5.10 Å². The van der Waals surface area contributed by atoms with E-state index in [9.17, 15) is 14.4 Å². The number of nitrogens with zero attached hydrogens (tertiary/aromatic N) is 2. The standard InChI is InChI=1S/C12H10Cl2N6O3/c13-7-2-1-6(3-8(7)14)4-16-18-9(21)5-15-10-11(22)17-12(23)20-19-10/h1-4H,5H2,(H,15,19)(H,18,21)(H2,17,20,22,23)/b16-4+. The lowest BCUT2D eigenvalue weighted by molar-refractivity contribution is -0.119. The summed E-state index contributed by atoms with van der Waals surface area (Å²) in [6.07, 6.45) is 1.38. The Kier molecular flexibility index (Phi) is 5.50. The number of aromatic amines is 2. The van der Waals surface area contributed by atoms with Crippen molar-refractivity contribution in [3.05, 3.63) is 54.6 Å². The van der Waals surface area contributed by atoms with Gasteiger partial charge in [-0.3, -0.25) is 14.6 Å². The Morgan fingerprint density at radius 1 is 1.30 bits per heavy atom. The smallest absolute Gasteiger partial charge is 0.342 e. The molecule has 0 saturated carbocycles. The van der Waals surface area contributed by atoms with Crippen LogP contribution in [0.3, 0.4) is 0 Å². The molecule has 0 spiro atoms. The molecule has 1 amide bonds. The predicted octanol–water partition coefficient (Wildman–Crippen LogP) is 0.327. The minimum Gasteiger partial charge on any atom is -0.355 e. The monoisotopic (exact) mass is 356 g/mol. The highest BCUT2D eigenvalue weighted by molar-refractivity contribution is 6.42. The normalized spacial score (nSPS) is 10.7. The summed E-state index contributed by atoms with van der Waals surface area (Å²) in [5.74, 6) is -0.707. The molecule has 9 nitrogen and oxygen atoms in total. The van der Waals surface area contributed by atoms with Gasteiger partial charge in [0, 0.05) is 0 Å². The number of aromatic nitrogens is 3. The van der Waals surface area contributed by atoms with Crippen LogP contribution in [0.25, 0.3) is 0 Å². The second kappa shape index (κ2) is 7.56. The minimum absolute atomic E-state index is 0.187. The highest BCUT2D eigenvalue weighted by atomic mass is 35.5. The van der Waals surface area contributed by atoms with E-state index in [4.69, 9.17) is 23.2 Å². The second-order valence-corrected chi connectivity index (χ2v) is 4.99. The minimum atomic E-state index is -0.740. The number of amides is 1. The molecule has 2 rings (SSSR count). The van der Waals surface area contributed by atoms with Crippen molar-refractivity contribution in [3.63, 3.8) is 0 Å². The molecule has 0 unspecified atom stereocenters. The Balaban J connectivity index is 1.87. The summed E-state index contributed by atoms with van der Waals surface area (Å²) in [6.45, 7) is -0.263. The lowest BCUT2D eigenvalue weighted by Gasteiger charge is -2.02. The van der Waals surface area contributed by atoms with Crippen molar-refractivity contribution in [2.45, 2.75) is 0 Å². The van der Waals surface area contributed by atoms with Gasteiger partial charge in [0.1, 0.15) is 0 Å². The van der Waals surface area contributed by atoms with Crippen molar-refractivity contribution in [2.75, 3.05) is 11.9 Å². The molecule has 0 radical (unpaired) electrons. The summed E-state index contributed by atoms with van der Waals surface area (Å²) in [4.78, 5) is 35.6. The number of hydrogen-bond donors (Lipinski definition) is 4. The van der Waals surface area contributed by atoms with E-state index in [2.05, 4.69) is 20.9 Å². The van der Waals surface area contributed by atoms with E-state index in [1.807, 2.05) is 10.1 Å². The SMILES string of the molecule is O=C(CNc1n[nH]c(=O)[nH]c1=O)N/N=C/c1ccc(Cl)c(Cl)c1. The molecule has 4 N–H and O–H groups in total. The van der Waals surface area contributed by atoms with E-state index >= 15 is 0 Å². The van der Waals surface area contributed by atoms with Crippen LogP contribution in [0.1, 0.15) is 5.56 Å². The third kappa shape index (κ3) is 4.94. The maximum absolute atomic E-state index is 11.6. The van der Waals surface area contributed by atoms with E-state index in [-0.39, 0.29) is 12.4 Å². The fourth-order valence-electron chi connectivity index (χ4n) is 1.44. The molecule has 0 bridgehead atoms. The van der Waals surface area contributed by atoms with Crippen molar-refractivity contribution >= 4 is 41.1 Å². The van der Waals surface area contributed by atoms with E-state index < -0.39 is 17.2 Å². The molecule has 0 aliphatic carbocycles. The molecule has 1 heterocycles. The zero-order valence-electron chi connectivity index (χ0n) is 11.4. The Morgan fingerprint density at radius 3 is 2.78 bits per heavy atom. The van der Waals surface area contributed by atoms with Crippen molar-refractivity contribution < 1.29 is 4.79 Å². The summed E-state index contributed by atoms with van der Waals surface area (Å²) >= 11 is 11.6. The first-order chi connectivity index (χ1) is 11.0. The van der Waals surface area contributed by atoms with Gasteiger partial charge in [0.25, 0.3) is 11.5 Å². The van der Waals surface area contributed by atoms with Gasteiger partial charge in [0.15, 0.2) is 0 Å². The number of carbonyl (C=O) groups is 1. The highest BCUT2D eigenvalue weighted by Crippen LogP contribution is 2.21. The molecule has 11 heteroatoms. The van der Waals surface area contributed by atoms with Gasteiger partial charge in [-0.25, -0.2) is 15.3 Å². The van der Waals surface area contributed by atoms with E-state index in [0.29, 0.717) is 15.6 Å². The van der Waals surface area contributed by atoms with Crippen molar-refractivity contribution in [1.82, 2.24) is 20.6 Å². The topological polar surface area (TPSA) is 132 Å². The molecule has 2 aromatic rings. The molecule has 0 aliphatic heterocycles. The Bertz CT molecular complexity index is 860. The summed E-state index contributed by atoms with van der Waals surface area (Å²) < 4.78 is 0. The van der Waals surface area contributed by atoms with Crippen LogP contribution < -0.4 is 22.0 Å². The maximum atomic E-state index is 11.6. The number of rotatable bonds is 5. The molecule has 120 valence electrons. The highest BCUT2D eigenvalue weighted by Gasteiger charge is 2.04. The first kappa shape index (κ1) is 16.7. The van der Waals surface area contributed by atoms with Gasteiger partial charge < -0.3 is 5.32 Å². The van der Waals surface area contributed by atoms with Gasteiger partial charge in [-0.05, 0) is 17.7 Å². The maximum Gasteiger partial charge on any atom is 0.342 e. The molecule has 23 heavy (non-hydrogen) atoms. The van der Waals surface area contributed by atoms with Crippen LogP contribution in [0.5, 0.6) is 0 Å². The Morgan fingerprint density at radius 2 is 2.09 bits per heavy atom. The number of benzene rings is 1. The molecule has 0 fully saturated rings. The zero-order valence-corrected chi connectivity index (χ0v) is 12.9. The predicted molar refractivity (Wildman–Crippen MR) is 86.2 cm³/mol. The molecule has 0 saturated heterocycles. The fraction of sp³-hybridized carbons (Fsp3) is 0.0833. The number of halogens is 2. The van der Waals surface area contributed by atoms with Gasteiger partial charge in [-0.1, -0.05) is 29.3 Å². The fourth-order valence-corrected chi connectivity index (χ4v) is 1.75. The van der Waals surface area contributed by atoms with Crippen molar-refractivity contribution in [1.29, 1.82) is 0 Å². The molecular formula is C12H10Cl2N6O3. The third-order valence-electron chi connectivity index (χ3n) is 2.47. The van der Waals surface area contributed by atoms with Crippen LogP contribution in [-0.2, 0) is 4.79 Å². The lowest BCUT2D eigenvalue weighted by atomic mass is 10.2. The van der Waals surface area contributed by atoms with Crippen LogP contribution in [0.15, 0.2) is 32.9 Å². The molecular weight excluding hydrogens is 347 g/mol. The molecule has 0 aliphatic rings. The number of hydrazone groups is 1. The number of anilines is 1. The van der Waals surface area contributed by atoms with Gasteiger partial charge in [0.05, 0.1) is 22.8 Å². The largest absolute Gasteiger partial charge is 0.355 e. The van der Waals surface area contributed by atoms with E-state index in [1.165, 1.54) is 6.21 Å². The average molecular weight is 357 g/mol. The Hall–Kier alpha value is -2.65. The second-order valence-electron chi connectivity index (χ2n) is 4.18. The van der Waals surface area contributed by atoms with Crippen LogP contribution in [0.2, 0.25) is 10.0 Å². The van der Waals surface area contributed by atoms with Crippen molar-refractivity contribution in [2.24, 2.45) is 5.10 Å². The first-order valence-corrected chi connectivity index (χ1v) is 6.91. The number of carbonyl (C=O) groups excluding carboxylic acids is 1. The molecule has 0 atom stereocenters. The Labute approximate surface area is 138 Å². The first-order valence-electron chi connectivity index (χ1n) is 6.15. The number of hydrogen-bond acceptors (Lipinski definition) is 6. The van der Waals surface area contributed by atoms with Crippen LogP contribution in [0.4, 0.5) is 5.82 Å². The van der Waals surface area contributed by atoms with Crippen molar-refractivity contribution in [3.8, 4) is 0 Å². The molecule has 1 aromatic heterocycles. The van der Waals surface area contributed by atoms with Crippen LogP contribution in [-0.4, -0.2) is 33.8 Å².